The molecule has 0 spiro atoms. The lowest BCUT2D eigenvalue weighted by atomic mass is 10.3. The Morgan fingerprint density at radius 3 is 2.57 bits per heavy atom. The van der Waals surface area contributed by atoms with Gasteiger partial charge in [0.05, 0.1) is 15.6 Å². The fraction of sp³-hybridized carbons (Fsp3) is 0. The molecule has 1 aromatic heterocycles. The lowest BCUT2D eigenvalue weighted by molar-refractivity contribution is -0.385. The molecular weight excluding hydrogens is 335 g/mol. The van der Waals surface area contributed by atoms with Crippen LogP contribution in [0, 0.1) is 10.1 Å². The summed E-state index contributed by atoms with van der Waals surface area (Å²) in [6.45, 7) is 0. The molecule has 108 valence electrons. The average molecular weight is 343 g/mol. The molecule has 0 saturated heterocycles. The van der Waals surface area contributed by atoms with E-state index in [1.807, 2.05) is 0 Å². The first kappa shape index (κ1) is 15.4. The van der Waals surface area contributed by atoms with Crippen molar-refractivity contribution in [1.29, 1.82) is 0 Å². The van der Waals surface area contributed by atoms with E-state index in [0.29, 0.717) is 21.6 Å². The Bertz CT molecular complexity index is 694. The van der Waals surface area contributed by atoms with Crippen LogP contribution in [-0.2, 0) is 0 Å². The van der Waals surface area contributed by atoms with Crippen LogP contribution in [0.15, 0.2) is 36.5 Å². The van der Waals surface area contributed by atoms with E-state index in [1.54, 1.807) is 18.2 Å². The molecule has 0 aliphatic rings. The molecule has 1 aromatic carbocycles. The number of benzene rings is 1. The van der Waals surface area contributed by atoms with Crippen LogP contribution in [0.5, 0.6) is 0 Å². The summed E-state index contributed by atoms with van der Waals surface area (Å²) in [6.07, 6.45) is 1.14. The second kappa shape index (κ2) is 6.66. The third-order valence-corrected chi connectivity index (χ3v) is 3.13. The lowest BCUT2D eigenvalue weighted by Crippen LogP contribution is -2.19. The van der Waals surface area contributed by atoms with Crippen LogP contribution in [0.2, 0.25) is 10.0 Å². The molecule has 0 aliphatic carbocycles. The first-order chi connectivity index (χ1) is 9.95. The molecule has 0 saturated carbocycles. The summed E-state index contributed by atoms with van der Waals surface area (Å²) in [4.78, 5) is 13.9. The maximum absolute atomic E-state index is 10.5. The van der Waals surface area contributed by atoms with Gasteiger partial charge in [0.25, 0.3) is 5.69 Å². The smallest absolute Gasteiger partial charge is 0.287 e. The zero-order chi connectivity index (χ0) is 15.4. The van der Waals surface area contributed by atoms with Crippen LogP contribution >= 0.6 is 35.4 Å². The standard InChI is InChI=1S/C12H8Cl2N4O2S/c13-7-1-3-10(9(14)5-7)16-12(21)17-11-4-2-8(6-15-11)18(19)20/h1-6H,(H2,15,16,17,21). The van der Waals surface area contributed by atoms with E-state index in [0.717, 1.165) is 6.20 Å². The Balaban J connectivity index is 2.02. The van der Waals surface area contributed by atoms with Gasteiger partial charge in [0, 0.05) is 11.1 Å². The number of rotatable bonds is 3. The number of nitrogens with zero attached hydrogens (tertiary/aromatic N) is 2. The van der Waals surface area contributed by atoms with Crippen LogP contribution in [0.25, 0.3) is 0 Å². The van der Waals surface area contributed by atoms with Crippen LogP contribution in [0.3, 0.4) is 0 Å². The van der Waals surface area contributed by atoms with Gasteiger partial charge in [-0.05, 0) is 36.5 Å². The number of nitro groups is 1. The van der Waals surface area contributed by atoms with E-state index in [-0.39, 0.29) is 10.8 Å². The Morgan fingerprint density at radius 1 is 1.24 bits per heavy atom. The predicted molar refractivity (Wildman–Crippen MR) is 87.2 cm³/mol. The minimum Gasteiger partial charge on any atom is -0.331 e. The second-order valence-corrected chi connectivity index (χ2v) is 5.11. The van der Waals surface area contributed by atoms with Crippen LogP contribution in [-0.4, -0.2) is 15.0 Å². The van der Waals surface area contributed by atoms with E-state index in [1.165, 1.54) is 12.1 Å². The number of nitrogens with one attached hydrogen (secondary N) is 2. The molecule has 21 heavy (non-hydrogen) atoms. The maximum Gasteiger partial charge on any atom is 0.287 e. The summed E-state index contributed by atoms with van der Waals surface area (Å²) in [5.74, 6) is 0.378. The van der Waals surface area contributed by atoms with Gasteiger partial charge in [-0.15, -0.1) is 0 Å². The average Bonchev–Trinajstić information content (AvgIpc) is 2.42. The van der Waals surface area contributed by atoms with Crippen molar-refractivity contribution < 1.29 is 4.92 Å². The molecule has 0 bridgehead atoms. The normalized spacial score (nSPS) is 10.0. The van der Waals surface area contributed by atoms with Gasteiger partial charge in [0.1, 0.15) is 12.0 Å². The zero-order valence-corrected chi connectivity index (χ0v) is 12.7. The Hall–Kier alpha value is -1.96. The molecule has 0 atom stereocenters. The summed E-state index contributed by atoms with van der Waals surface area (Å²) in [7, 11) is 0. The van der Waals surface area contributed by atoms with E-state index in [4.69, 9.17) is 35.4 Å². The highest BCUT2D eigenvalue weighted by Gasteiger charge is 2.07. The van der Waals surface area contributed by atoms with Gasteiger partial charge < -0.3 is 10.6 Å². The number of anilines is 2. The number of halogens is 2. The molecule has 0 aliphatic heterocycles. The molecule has 0 radical (unpaired) electrons. The van der Waals surface area contributed by atoms with Crippen molar-refractivity contribution in [3.05, 3.63) is 56.7 Å². The third-order valence-electron chi connectivity index (χ3n) is 2.38. The van der Waals surface area contributed by atoms with Crippen LogP contribution in [0.1, 0.15) is 0 Å². The fourth-order valence-electron chi connectivity index (χ4n) is 1.43. The van der Waals surface area contributed by atoms with E-state index in [2.05, 4.69) is 15.6 Å². The van der Waals surface area contributed by atoms with Crippen molar-refractivity contribution in [2.24, 2.45) is 0 Å². The first-order valence-electron chi connectivity index (χ1n) is 5.59. The Morgan fingerprint density at radius 2 is 2.00 bits per heavy atom. The van der Waals surface area contributed by atoms with Crippen molar-refractivity contribution in [1.82, 2.24) is 4.98 Å². The van der Waals surface area contributed by atoms with Crippen molar-refractivity contribution in [2.45, 2.75) is 0 Å². The topological polar surface area (TPSA) is 80.1 Å². The Kier molecular flexibility index (Phi) is 4.89. The van der Waals surface area contributed by atoms with Crippen molar-refractivity contribution in [2.75, 3.05) is 10.6 Å². The largest absolute Gasteiger partial charge is 0.331 e. The lowest BCUT2D eigenvalue weighted by Gasteiger charge is -2.11. The molecule has 6 nitrogen and oxygen atoms in total. The summed E-state index contributed by atoms with van der Waals surface area (Å²) >= 11 is 16.9. The van der Waals surface area contributed by atoms with Crippen molar-refractivity contribution >= 4 is 57.7 Å². The molecule has 2 rings (SSSR count). The van der Waals surface area contributed by atoms with Crippen molar-refractivity contribution in [3.63, 3.8) is 0 Å². The number of aromatic nitrogens is 1. The minimum atomic E-state index is -0.527. The SMILES string of the molecule is O=[N+]([O-])c1ccc(NC(=S)Nc2ccc(Cl)cc2Cl)nc1. The summed E-state index contributed by atoms with van der Waals surface area (Å²) in [5, 5.41) is 17.4. The highest BCUT2D eigenvalue weighted by molar-refractivity contribution is 7.80. The van der Waals surface area contributed by atoms with Gasteiger partial charge in [-0.1, -0.05) is 23.2 Å². The quantitative estimate of drug-likeness (QED) is 0.496. The molecule has 0 amide bonds. The second-order valence-electron chi connectivity index (χ2n) is 3.86. The summed E-state index contributed by atoms with van der Waals surface area (Å²) in [5.41, 5.74) is 0.487. The third kappa shape index (κ3) is 4.25. The minimum absolute atomic E-state index is 0.0971. The van der Waals surface area contributed by atoms with Gasteiger partial charge in [0.2, 0.25) is 0 Å². The fourth-order valence-corrected chi connectivity index (χ4v) is 2.10. The maximum atomic E-state index is 10.5. The van der Waals surface area contributed by atoms with Crippen LogP contribution in [0.4, 0.5) is 17.2 Å². The number of hydrogen-bond donors (Lipinski definition) is 2. The molecule has 0 unspecified atom stereocenters. The van der Waals surface area contributed by atoms with Gasteiger partial charge in [-0.2, -0.15) is 0 Å². The summed E-state index contributed by atoms with van der Waals surface area (Å²) < 4.78 is 0. The number of pyridine rings is 1. The van der Waals surface area contributed by atoms with E-state index < -0.39 is 4.92 Å². The first-order valence-corrected chi connectivity index (χ1v) is 6.75. The number of hydrogen-bond acceptors (Lipinski definition) is 4. The van der Waals surface area contributed by atoms with E-state index in [9.17, 15) is 10.1 Å². The molecule has 9 heteroatoms. The van der Waals surface area contributed by atoms with Crippen molar-refractivity contribution in [3.8, 4) is 0 Å². The monoisotopic (exact) mass is 342 g/mol. The molecule has 2 N–H and O–H groups in total. The molecule has 1 heterocycles. The molecular formula is C12H8Cl2N4O2S. The predicted octanol–water partition coefficient (Wildman–Crippen LogP) is 4.11. The van der Waals surface area contributed by atoms with Gasteiger partial charge in [-0.25, -0.2) is 4.98 Å². The molecule has 2 aromatic rings. The summed E-state index contributed by atoms with van der Waals surface area (Å²) in [6, 6.07) is 7.71. The molecule has 0 fully saturated rings. The zero-order valence-electron chi connectivity index (χ0n) is 10.3. The number of thiocarbonyl (C=S) groups is 1. The van der Waals surface area contributed by atoms with Crippen LogP contribution < -0.4 is 10.6 Å². The highest BCUT2D eigenvalue weighted by atomic mass is 35.5. The highest BCUT2D eigenvalue weighted by Crippen LogP contribution is 2.25. The van der Waals surface area contributed by atoms with E-state index >= 15 is 0 Å². The van der Waals surface area contributed by atoms with Gasteiger partial charge >= 0.3 is 0 Å². The Labute approximate surface area is 135 Å². The van der Waals surface area contributed by atoms with Gasteiger partial charge in [0.15, 0.2) is 5.11 Å². The van der Waals surface area contributed by atoms with Gasteiger partial charge in [-0.3, -0.25) is 10.1 Å².